The van der Waals surface area contributed by atoms with E-state index in [2.05, 4.69) is 10.2 Å². The minimum absolute atomic E-state index is 0.0159. The van der Waals surface area contributed by atoms with Gasteiger partial charge in [-0.15, -0.1) is 0 Å². The van der Waals surface area contributed by atoms with E-state index in [9.17, 15) is 9.59 Å². The van der Waals surface area contributed by atoms with Crippen molar-refractivity contribution in [3.8, 4) is 0 Å². The minimum Gasteiger partial charge on any atom is -0.380 e. The number of rotatable bonds is 7. The molecule has 1 aliphatic heterocycles. The van der Waals surface area contributed by atoms with Gasteiger partial charge in [-0.1, -0.05) is 30.3 Å². The lowest BCUT2D eigenvalue weighted by Gasteiger charge is -2.18. The molecule has 2 aromatic rings. The van der Waals surface area contributed by atoms with E-state index in [1.54, 1.807) is 19.2 Å². The van der Waals surface area contributed by atoms with Gasteiger partial charge < -0.3 is 15.0 Å². The number of nitrogens with zero attached hydrogens (tertiary/aromatic N) is 1. The molecule has 0 aliphatic carbocycles. The van der Waals surface area contributed by atoms with E-state index in [0.29, 0.717) is 5.56 Å². The van der Waals surface area contributed by atoms with Gasteiger partial charge in [-0.2, -0.15) is 0 Å². The Morgan fingerprint density at radius 1 is 1.08 bits per heavy atom. The Balaban J connectivity index is 1.48. The number of Topliss-reactive ketones (excluding diaryl/α,β-unsaturated/α-hetero) is 1. The molecule has 26 heavy (non-hydrogen) atoms. The van der Waals surface area contributed by atoms with Crippen LogP contribution in [0.4, 0.5) is 11.4 Å². The molecule has 1 saturated heterocycles. The van der Waals surface area contributed by atoms with Crippen LogP contribution in [0.2, 0.25) is 0 Å². The van der Waals surface area contributed by atoms with Crippen LogP contribution in [0.25, 0.3) is 0 Å². The third-order valence-electron chi connectivity index (χ3n) is 4.67. The van der Waals surface area contributed by atoms with Gasteiger partial charge in [-0.25, -0.2) is 0 Å². The van der Waals surface area contributed by atoms with E-state index in [0.717, 1.165) is 30.9 Å². The first-order chi connectivity index (χ1) is 12.7. The Kier molecular flexibility index (Phi) is 6.02. The number of anilines is 2. The number of ketones is 1. The molecular formula is C21H24N2O3. The van der Waals surface area contributed by atoms with Crippen molar-refractivity contribution < 1.29 is 14.3 Å². The van der Waals surface area contributed by atoms with Crippen LogP contribution in [-0.2, 0) is 9.53 Å². The lowest BCUT2D eigenvalue weighted by Crippen LogP contribution is -2.22. The van der Waals surface area contributed by atoms with E-state index in [1.807, 2.05) is 42.5 Å². The predicted octanol–water partition coefficient (Wildman–Crippen LogP) is 3.51. The van der Waals surface area contributed by atoms with Gasteiger partial charge >= 0.3 is 0 Å². The monoisotopic (exact) mass is 352 g/mol. The fraction of sp³-hybridized carbons (Fsp3) is 0.333. The molecule has 1 N–H and O–H groups in total. The van der Waals surface area contributed by atoms with Crippen molar-refractivity contribution in [1.29, 1.82) is 0 Å². The lowest BCUT2D eigenvalue weighted by molar-refractivity contribution is -0.116. The molecular weight excluding hydrogens is 328 g/mol. The highest BCUT2D eigenvalue weighted by molar-refractivity contribution is 6.00. The molecule has 1 atom stereocenters. The third-order valence-corrected chi connectivity index (χ3v) is 4.67. The van der Waals surface area contributed by atoms with Crippen molar-refractivity contribution in [3.63, 3.8) is 0 Å². The number of carbonyl (C=O) groups excluding carboxylic acids is 2. The number of carbonyl (C=O) groups is 2. The zero-order valence-electron chi connectivity index (χ0n) is 15.0. The van der Waals surface area contributed by atoms with Crippen LogP contribution in [0.5, 0.6) is 0 Å². The van der Waals surface area contributed by atoms with Crippen LogP contribution < -0.4 is 10.2 Å². The van der Waals surface area contributed by atoms with E-state index < -0.39 is 0 Å². The van der Waals surface area contributed by atoms with Crippen LogP contribution in [0.3, 0.4) is 0 Å². The molecule has 0 spiro atoms. The SMILES string of the molecule is COC1CCN(c2ccc(NC(=O)CCC(=O)c3ccccc3)cc2)C1. The number of ether oxygens (including phenoxy) is 1. The molecule has 1 unspecified atom stereocenters. The Hall–Kier alpha value is -2.66. The zero-order valence-corrected chi connectivity index (χ0v) is 15.0. The molecule has 0 saturated carbocycles. The largest absolute Gasteiger partial charge is 0.380 e. The van der Waals surface area contributed by atoms with Crippen LogP contribution in [0, 0.1) is 0 Å². The van der Waals surface area contributed by atoms with Crippen LogP contribution in [0.15, 0.2) is 54.6 Å². The summed E-state index contributed by atoms with van der Waals surface area (Å²) in [7, 11) is 1.75. The summed E-state index contributed by atoms with van der Waals surface area (Å²) in [6.45, 7) is 1.87. The topological polar surface area (TPSA) is 58.6 Å². The highest BCUT2D eigenvalue weighted by Gasteiger charge is 2.22. The summed E-state index contributed by atoms with van der Waals surface area (Å²) in [4.78, 5) is 26.4. The molecule has 0 bridgehead atoms. The summed E-state index contributed by atoms with van der Waals surface area (Å²) in [5, 5.41) is 2.85. The van der Waals surface area contributed by atoms with Gasteiger partial charge in [0.25, 0.3) is 0 Å². The molecule has 0 radical (unpaired) electrons. The van der Waals surface area contributed by atoms with E-state index in [4.69, 9.17) is 4.74 Å². The second-order valence-electron chi connectivity index (χ2n) is 6.48. The van der Waals surface area contributed by atoms with Crippen LogP contribution in [-0.4, -0.2) is 38.0 Å². The molecule has 5 heteroatoms. The number of hydrogen-bond acceptors (Lipinski definition) is 4. The molecule has 3 rings (SSSR count). The van der Waals surface area contributed by atoms with E-state index in [-0.39, 0.29) is 30.6 Å². The van der Waals surface area contributed by atoms with Crippen molar-refractivity contribution in [2.75, 3.05) is 30.4 Å². The van der Waals surface area contributed by atoms with Crippen molar-refractivity contribution in [2.45, 2.75) is 25.4 Å². The summed E-state index contributed by atoms with van der Waals surface area (Å²) >= 11 is 0. The number of hydrogen-bond donors (Lipinski definition) is 1. The van der Waals surface area contributed by atoms with Crippen molar-refractivity contribution in [3.05, 3.63) is 60.2 Å². The number of benzene rings is 2. The fourth-order valence-corrected chi connectivity index (χ4v) is 3.13. The zero-order chi connectivity index (χ0) is 18.4. The maximum Gasteiger partial charge on any atom is 0.224 e. The average molecular weight is 352 g/mol. The molecule has 1 fully saturated rings. The van der Waals surface area contributed by atoms with Crippen LogP contribution >= 0.6 is 0 Å². The second kappa shape index (κ2) is 8.63. The van der Waals surface area contributed by atoms with E-state index in [1.165, 1.54) is 0 Å². The minimum atomic E-state index is -0.150. The normalized spacial score (nSPS) is 16.5. The first kappa shape index (κ1) is 18.1. The second-order valence-corrected chi connectivity index (χ2v) is 6.48. The summed E-state index contributed by atoms with van der Waals surface area (Å²) in [6, 6.07) is 16.8. The van der Waals surface area contributed by atoms with Gasteiger partial charge in [0, 0.05) is 50.0 Å². The molecule has 0 aromatic heterocycles. The van der Waals surface area contributed by atoms with Gasteiger partial charge in [0.2, 0.25) is 5.91 Å². The Morgan fingerprint density at radius 3 is 2.46 bits per heavy atom. The third kappa shape index (κ3) is 4.70. The standard InChI is InChI=1S/C21H24N2O3/c1-26-19-13-14-23(15-19)18-9-7-17(8-10-18)22-21(25)12-11-20(24)16-5-3-2-4-6-16/h2-10,19H,11-15H2,1H3,(H,22,25). The van der Waals surface area contributed by atoms with Crippen molar-refractivity contribution in [1.82, 2.24) is 0 Å². The van der Waals surface area contributed by atoms with Crippen molar-refractivity contribution in [2.24, 2.45) is 0 Å². The number of amides is 1. The first-order valence-electron chi connectivity index (χ1n) is 8.91. The Labute approximate surface area is 154 Å². The molecule has 1 heterocycles. The Bertz CT molecular complexity index is 744. The smallest absolute Gasteiger partial charge is 0.224 e. The van der Waals surface area contributed by atoms with E-state index >= 15 is 0 Å². The predicted molar refractivity (Wildman–Crippen MR) is 103 cm³/mol. The van der Waals surface area contributed by atoms with Gasteiger partial charge in [0.05, 0.1) is 6.10 Å². The summed E-state index contributed by atoms with van der Waals surface area (Å²) < 4.78 is 5.39. The summed E-state index contributed by atoms with van der Waals surface area (Å²) in [5.41, 5.74) is 2.51. The number of nitrogens with one attached hydrogen (secondary N) is 1. The van der Waals surface area contributed by atoms with Crippen molar-refractivity contribution >= 4 is 23.1 Å². The number of methoxy groups -OCH3 is 1. The maximum atomic E-state index is 12.1. The lowest BCUT2D eigenvalue weighted by atomic mass is 10.1. The molecule has 136 valence electrons. The van der Waals surface area contributed by atoms with Gasteiger partial charge in [0.1, 0.15) is 0 Å². The summed E-state index contributed by atoms with van der Waals surface area (Å²) in [5.74, 6) is -0.166. The maximum absolute atomic E-state index is 12.1. The molecule has 2 aromatic carbocycles. The highest BCUT2D eigenvalue weighted by Crippen LogP contribution is 2.23. The molecule has 1 amide bonds. The quantitative estimate of drug-likeness (QED) is 0.775. The fourth-order valence-electron chi connectivity index (χ4n) is 3.13. The van der Waals surface area contributed by atoms with Gasteiger partial charge in [0.15, 0.2) is 5.78 Å². The summed E-state index contributed by atoms with van der Waals surface area (Å²) in [6.07, 6.45) is 1.71. The average Bonchev–Trinajstić information content (AvgIpc) is 3.16. The first-order valence-corrected chi connectivity index (χ1v) is 8.91. The van der Waals surface area contributed by atoms with Crippen LogP contribution in [0.1, 0.15) is 29.6 Å². The van der Waals surface area contributed by atoms with Gasteiger partial charge in [-0.05, 0) is 30.7 Å². The Morgan fingerprint density at radius 2 is 1.81 bits per heavy atom. The molecule has 1 aliphatic rings. The van der Waals surface area contributed by atoms with Gasteiger partial charge in [-0.3, -0.25) is 9.59 Å². The highest BCUT2D eigenvalue weighted by atomic mass is 16.5. The molecule has 5 nitrogen and oxygen atoms in total.